The van der Waals surface area contributed by atoms with Crippen molar-refractivity contribution >= 4 is 5.65 Å². The molecule has 0 atom stereocenters. The number of hydrogen-bond acceptors (Lipinski definition) is 3. The summed E-state index contributed by atoms with van der Waals surface area (Å²) in [6.07, 6.45) is 3.40. The zero-order valence-corrected chi connectivity index (χ0v) is 9.02. The lowest BCUT2D eigenvalue weighted by atomic mass is 9.91. The Morgan fingerprint density at radius 2 is 2.13 bits per heavy atom. The van der Waals surface area contributed by atoms with Crippen LogP contribution in [0.3, 0.4) is 0 Å². The van der Waals surface area contributed by atoms with Crippen molar-refractivity contribution in [1.82, 2.24) is 14.6 Å². The van der Waals surface area contributed by atoms with Crippen molar-refractivity contribution < 1.29 is 0 Å². The third-order valence-corrected chi connectivity index (χ3v) is 2.25. The van der Waals surface area contributed by atoms with Crippen molar-refractivity contribution in [3.8, 4) is 6.07 Å². The Morgan fingerprint density at radius 1 is 1.40 bits per heavy atom. The molecule has 2 aromatic heterocycles. The van der Waals surface area contributed by atoms with Gasteiger partial charge < -0.3 is 0 Å². The fraction of sp³-hybridized carbons (Fsp3) is 0.364. The maximum atomic E-state index is 9.01. The second-order valence-electron chi connectivity index (χ2n) is 4.50. The highest BCUT2D eigenvalue weighted by atomic mass is 15.2. The van der Waals surface area contributed by atoms with Gasteiger partial charge in [0, 0.05) is 17.8 Å². The molecular formula is C11H12N4. The second-order valence-corrected chi connectivity index (χ2v) is 4.50. The monoisotopic (exact) mass is 200 g/mol. The summed E-state index contributed by atoms with van der Waals surface area (Å²) >= 11 is 0. The normalized spacial score (nSPS) is 11.6. The van der Waals surface area contributed by atoms with Gasteiger partial charge in [-0.05, 0) is 6.07 Å². The highest BCUT2D eigenvalue weighted by Crippen LogP contribution is 2.21. The first-order chi connectivity index (χ1) is 7.02. The maximum absolute atomic E-state index is 9.01. The van der Waals surface area contributed by atoms with E-state index >= 15 is 0 Å². The number of imidazole rings is 1. The van der Waals surface area contributed by atoms with Crippen LogP contribution in [-0.2, 0) is 5.41 Å². The molecule has 2 rings (SSSR count). The minimum Gasteiger partial charge on any atom is -0.234 e. The van der Waals surface area contributed by atoms with Crippen LogP contribution in [-0.4, -0.2) is 14.6 Å². The summed E-state index contributed by atoms with van der Waals surface area (Å²) in [4.78, 5) is 4.09. The quantitative estimate of drug-likeness (QED) is 0.652. The average molecular weight is 200 g/mol. The molecule has 0 fully saturated rings. The van der Waals surface area contributed by atoms with Crippen LogP contribution >= 0.6 is 0 Å². The van der Waals surface area contributed by atoms with Crippen LogP contribution in [0.1, 0.15) is 32.0 Å². The fourth-order valence-electron chi connectivity index (χ4n) is 1.37. The molecule has 4 nitrogen and oxygen atoms in total. The molecule has 0 radical (unpaired) electrons. The van der Waals surface area contributed by atoms with Crippen molar-refractivity contribution in [3.63, 3.8) is 0 Å². The van der Waals surface area contributed by atoms with E-state index in [-0.39, 0.29) is 5.41 Å². The first kappa shape index (κ1) is 9.66. The van der Waals surface area contributed by atoms with Gasteiger partial charge >= 0.3 is 0 Å². The molecule has 0 amide bonds. The molecule has 0 N–H and O–H groups in total. The molecule has 0 aliphatic heterocycles. The van der Waals surface area contributed by atoms with Gasteiger partial charge in [0.2, 0.25) is 0 Å². The molecule has 0 saturated heterocycles. The first-order valence-corrected chi connectivity index (χ1v) is 4.77. The Bertz CT molecular complexity index is 540. The largest absolute Gasteiger partial charge is 0.234 e. The van der Waals surface area contributed by atoms with Gasteiger partial charge in [-0.1, -0.05) is 20.8 Å². The van der Waals surface area contributed by atoms with Gasteiger partial charge in [0.05, 0.1) is 11.3 Å². The topological polar surface area (TPSA) is 54.0 Å². The van der Waals surface area contributed by atoms with Crippen LogP contribution in [0.5, 0.6) is 0 Å². The lowest BCUT2D eigenvalue weighted by Gasteiger charge is -2.17. The number of nitriles is 1. The minimum absolute atomic E-state index is 0.0654. The Kier molecular flexibility index (Phi) is 1.97. The molecule has 0 unspecified atom stereocenters. The summed E-state index contributed by atoms with van der Waals surface area (Å²) in [5.41, 5.74) is 2.01. The highest BCUT2D eigenvalue weighted by molar-refractivity contribution is 5.54. The predicted octanol–water partition coefficient (Wildman–Crippen LogP) is 1.90. The van der Waals surface area contributed by atoms with Crippen LogP contribution in [0, 0.1) is 11.3 Å². The van der Waals surface area contributed by atoms with Crippen LogP contribution in [0.15, 0.2) is 18.5 Å². The van der Waals surface area contributed by atoms with Crippen molar-refractivity contribution in [2.24, 2.45) is 0 Å². The van der Waals surface area contributed by atoms with E-state index in [1.54, 1.807) is 16.9 Å². The number of aromatic nitrogens is 3. The Labute approximate surface area is 88.2 Å². The summed E-state index contributed by atoms with van der Waals surface area (Å²) in [7, 11) is 0. The molecule has 0 aliphatic rings. The summed E-state index contributed by atoms with van der Waals surface area (Å²) in [5, 5.41) is 13.4. The van der Waals surface area contributed by atoms with E-state index in [0.717, 1.165) is 5.69 Å². The van der Waals surface area contributed by atoms with E-state index in [4.69, 9.17) is 5.26 Å². The summed E-state index contributed by atoms with van der Waals surface area (Å²) in [6.45, 7) is 6.21. The van der Waals surface area contributed by atoms with Crippen LogP contribution in [0.4, 0.5) is 0 Å². The lowest BCUT2D eigenvalue weighted by molar-refractivity contribution is 0.554. The second kappa shape index (κ2) is 3.06. The first-order valence-electron chi connectivity index (χ1n) is 4.77. The van der Waals surface area contributed by atoms with Crippen molar-refractivity contribution in [3.05, 3.63) is 29.7 Å². The zero-order chi connectivity index (χ0) is 11.1. The molecule has 0 saturated carbocycles. The van der Waals surface area contributed by atoms with E-state index < -0.39 is 0 Å². The average Bonchev–Trinajstić information content (AvgIpc) is 2.62. The van der Waals surface area contributed by atoms with Gasteiger partial charge in [0.25, 0.3) is 0 Å². The predicted molar refractivity (Wildman–Crippen MR) is 56.4 cm³/mol. The molecule has 2 heterocycles. The minimum atomic E-state index is -0.0654. The Balaban J connectivity index is 2.76. The van der Waals surface area contributed by atoms with E-state index in [0.29, 0.717) is 11.2 Å². The summed E-state index contributed by atoms with van der Waals surface area (Å²) < 4.78 is 1.65. The molecular weight excluding hydrogens is 188 g/mol. The van der Waals surface area contributed by atoms with E-state index in [9.17, 15) is 0 Å². The van der Waals surface area contributed by atoms with Gasteiger partial charge in [-0.3, -0.25) is 0 Å². The molecule has 0 spiro atoms. The zero-order valence-electron chi connectivity index (χ0n) is 9.02. The number of rotatable bonds is 0. The number of nitrogens with zero attached hydrogens (tertiary/aromatic N) is 4. The molecule has 0 bridgehead atoms. The molecule has 76 valence electrons. The van der Waals surface area contributed by atoms with E-state index in [1.165, 1.54) is 0 Å². The van der Waals surface area contributed by atoms with Crippen molar-refractivity contribution in [1.29, 1.82) is 5.26 Å². The molecule has 2 aromatic rings. The van der Waals surface area contributed by atoms with Gasteiger partial charge in [0.1, 0.15) is 6.07 Å². The van der Waals surface area contributed by atoms with Crippen molar-refractivity contribution in [2.45, 2.75) is 26.2 Å². The van der Waals surface area contributed by atoms with Crippen LogP contribution in [0.25, 0.3) is 5.65 Å². The summed E-state index contributed by atoms with van der Waals surface area (Å²) in [5.74, 6) is 0. The number of fused-ring (bicyclic) bond motifs is 1. The molecule has 15 heavy (non-hydrogen) atoms. The number of hydrogen-bond donors (Lipinski definition) is 0. The van der Waals surface area contributed by atoms with E-state index in [1.807, 2.05) is 6.07 Å². The van der Waals surface area contributed by atoms with Gasteiger partial charge in [-0.2, -0.15) is 10.4 Å². The van der Waals surface area contributed by atoms with E-state index in [2.05, 4.69) is 36.9 Å². The molecule has 4 heteroatoms. The standard InChI is InChI=1S/C11H12N4/c1-11(2,3)9-6-8(7-12)10-13-4-5-15(10)14-9/h4-6H,1-3H3. The third kappa shape index (κ3) is 1.57. The highest BCUT2D eigenvalue weighted by Gasteiger charge is 2.18. The lowest BCUT2D eigenvalue weighted by Crippen LogP contribution is -2.16. The van der Waals surface area contributed by atoms with Crippen molar-refractivity contribution in [2.75, 3.05) is 0 Å². The Hall–Kier alpha value is -1.89. The fourth-order valence-corrected chi connectivity index (χ4v) is 1.37. The SMILES string of the molecule is CC(C)(C)c1cc(C#N)c2nccn2n1. The van der Waals surface area contributed by atoms with Crippen LogP contribution in [0.2, 0.25) is 0 Å². The van der Waals surface area contributed by atoms with Gasteiger partial charge in [0.15, 0.2) is 5.65 Å². The summed E-state index contributed by atoms with van der Waals surface area (Å²) in [6, 6.07) is 3.95. The van der Waals surface area contributed by atoms with Gasteiger partial charge in [-0.15, -0.1) is 0 Å². The third-order valence-electron chi connectivity index (χ3n) is 2.25. The molecule has 0 aliphatic carbocycles. The van der Waals surface area contributed by atoms with Crippen LogP contribution < -0.4 is 0 Å². The smallest absolute Gasteiger partial charge is 0.171 e. The van der Waals surface area contributed by atoms with Gasteiger partial charge in [-0.25, -0.2) is 9.50 Å². The molecule has 0 aromatic carbocycles. The maximum Gasteiger partial charge on any atom is 0.171 e. The Morgan fingerprint density at radius 3 is 2.73 bits per heavy atom.